The molecule has 2 N–H and O–H groups in total. The SMILES string of the molecule is COc1cc(OC)cc(C(=O)NC(=S)NC2C3CC4CC(C3)CC2C4)c1. The molecule has 0 saturated heterocycles. The topological polar surface area (TPSA) is 59.6 Å². The summed E-state index contributed by atoms with van der Waals surface area (Å²) in [6.45, 7) is 0. The second kappa shape index (κ2) is 7.06. The number of carbonyl (C=O) groups is 1. The Morgan fingerprint density at radius 1 is 0.962 bits per heavy atom. The average molecular weight is 375 g/mol. The van der Waals surface area contributed by atoms with E-state index in [4.69, 9.17) is 21.7 Å². The van der Waals surface area contributed by atoms with E-state index < -0.39 is 0 Å². The summed E-state index contributed by atoms with van der Waals surface area (Å²) < 4.78 is 10.5. The van der Waals surface area contributed by atoms with Crippen LogP contribution in [-0.4, -0.2) is 31.3 Å². The van der Waals surface area contributed by atoms with Crippen molar-refractivity contribution in [2.75, 3.05) is 14.2 Å². The lowest BCUT2D eigenvalue weighted by atomic mass is 9.54. The number of rotatable bonds is 4. The van der Waals surface area contributed by atoms with Gasteiger partial charge in [-0.3, -0.25) is 10.1 Å². The summed E-state index contributed by atoms with van der Waals surface area (Å²) >= 11 is 5.45. The summed E-state index contributed by atoms with van der Waals surface area (Å²) in [4.78, 5) is 12.6. The fourth-order valence-corrected chi connectivity index (χ4v) is 5.69. The van der Waals surface area contributed by atoms with Crippen LogP contribution in [0.2, 0.25) is 0 Å². The van der Waals surface area contributed by atoms with Gasteiger partial charge in [0.15, 0.2) is 5.11 Å². The van der Waals surface area contributed by atoms with Crippen molar-refractivity contribution in [3.8, 4) is 11.5 Å². The molecule has 0 aliphatic heterocycles. The van der Waals surface area contributed by atoms with Crippen LogP contribution in [0, 0.1) is 23.7 Å². The Kier molecular flexibility index (Phi) is 4.78. The van der Waals surface area contributed by atoms with E-state index in [0.29, 0.717) is 40.1 Å². The Labute approximate surface area is 159 Å². The molecule has 5 nitrogen and oxygen atoms in total. The van der Waals surface area contributed by atoms with Crippen LogP contribution in [-0.2, 0) is 0 Å². The smallest absolute Gasteiger partial charge is 0.257 e. The highest BCUT2D eigenvalue weighted by Gasteiger charge is 2.48. The van der Waals surface area contributed by atoms with Gasteiger partial charge < -0.3 is 14.8 Å². The van der Waals surface area contributed by atoms with Gasteiger partial charge in [-0.25, -0.2) is 0 Å². The van der Waals surface area contributed by atoms with Crippen LogP contribution in [0.15, 0.2) is 18.2 Å². The second-order valence-corrected chi connectivity index (χ2v) is 8.39. The lowest BCUT2D eigenvalue weighted by molar-refractivity contribution is -0.00692. The van der Waals surface area contributed by atoms with E-state index in [1.54, 1.807) is 32.4 Å². The number of methoxy groups -OCH3 is 2. The van der Waals surface area contributed by atoms with Gasteiger partial charge in [0.1, 0.15) is 11.5 Å². The number of benzene rings is 1. The van der Waals surface area contributed by atoms with Gasteiger partial charge in [0.2, 0.25) is 0 Å². The number of hydrogen-bond acceptors (Lipinski definition) is 4. The standard InChI is InChI=1S/C20H26N2O3S/c1-24-16-8-15(9-17(10-16)25-2)19(23)22-20(26)21-18-13-4-11-3-12(6-13)7-14(18)5-11/h8-14,18H,3-7H2,1-2H3,(H2,21,22,23,26). The van der Waals surface area contributed by atoms with Crippen LogP contribution < -0.4 is 20.1 Å². The zero-order valence-electron chi connectivity index (χ0n) is 15.3. The third-order valence-electron chi connectivity index (χ3n) is 6.37. The van der Waals surface area contributed by atoms with Gasteiger partial charge in [-0.05, 0) is 80.1 Å². The van der Waals surface area contributed by atoms with Crippen molar-refractivity contribution in [3.63, 3.8) is 0 Å². The second-order valence-electron chi connectivity index (χ2n) is 7.99. The minimum atomic E-state index is -0.247. The molecule has 4 aliphatic carbocycles. The Balaban J connectivity index is 1.40. The fraction of sp³-hybridized carbons (Fsp3) is 0.600. The molecule has 4 fully saturated rings. The first-order chi connectivity index (χ1) is 12.6. The van der Waals surface area contributed by atoms with Gasteiger partial charge >= 0.3 is 0 Å². The predicted octanol–water partition coefficient (Wildman–Crippen LogP) is 3.13. The minimum absolute atomic E-state index is 0.247. The number of carbonyl (C=O) groups excluding carboxylic acids is 1. The molecule has 1 aromatic rings. The highest BCUT2D eigenvalue weighted by molar-refractivity contribution is 7.80. The average Bonchev–Trinajstić information content (AvgIpc) is 2.63. The minimum Gasteiger partial charge on any atom is -0.497 e. The molecule has 4 aliphatic rings. The van der Waals surface area contributed by atoms with Crippen molar-refractivity contribution < 1.29 is 14.3 Å². The predicted molar refractivity (Wildman–Crippen MR) is 104 cm³/mol. The van der Waals surface area contributed by atoms with Crippen molar-refractivity contribution in [3.05, 3.63) is 23.8 Å². The Morgan fingerprint density at radius 2 is 1.50 bits per heavy atom. The van der Waals surface area contributed by atoms with E-state index in [1.807, 2.05) is 0 Å². The van der Waals surface area contributed by atoms with Crippen LogP contribution >= 0.6 is 12.2 Å². The van der Waals surface area contributed by atoms with Crippen molar-refractivity contribution in [2.45, 2.75) is 38.1 Å². The van der Waals surface area contributed by atoms with Crippen LogP contribution in [0.25, 0.3) is 0 Å². The van der Waals surface area contributed by atoms with E-state index in [1.165, 1.54) is 32.1 Å². The maximum absolute atomic E-state index is 12.6. The molecule has 4 bridgehead atoms. The van der Waals surface area contributed by atoms with Gasteiger partial charge in [-0.1, -0.05) is 0 Å². The number of thiocarbonyl (C=S) groups is 1. The summed E-state index contributed by atoms with van der Waals surface area (Å²) in [5.41, 5.74) is 0.468. The molecular formula is C20H26N2O3S. The summed E-state index contributed by atoms with van der Waals surface area (Å²) in [7, 11) is 3.13. The molecule has 1 amide bonds. The molecule has 0 atom stereocenters. The van der Waals surface area contributed by atoms with Crippen molar-refractivity contribution in [1.29, 1.82) is 0 Å². The largest absolute Gasteiger partial charge is 0.497 e. The van der Waals surface area contributed by atoms with Gasteiger partial charge in [-0.15, -0.1) is 0 Å². The number of hydrogen-bond donors (Lipinski definition) is 2. The first-order valence-electron chi connectivity index (χ1n) is 9.40. The summed E-state index contributed by atoms with van der Waals surface area (Å²) in [6.07, 6.45) is 6.68. The Hall–Kier alpha value is -1.82. The van der Waals surface area contributed by atoms with E-state index in [0.717, 1.165) is 11.8 Å². The van der Waals surface area contributed by atoms with Gasteiger partial charge in [0.25, 0.3) is 5.91 Å². The molecule has 1 aromatic carbocycles. The molecule has 6 heteroatoms. The normalized spacial score (nSPS) is 31.4. The highest BCUT2D eigenvalue weighted by Crippen LogP contribution is 2.53. The molecule has 0 heterocycles. The summed E-state index contributed by atoms with van der Waals surface area (Å²) in [5.74, 6) is 4.16. The molecule has 140 valence electrons. The molecule has 0 spiro atoms. The van der Waals surface area contributed by atoms with Crippen molar-refractivity contribution >= 4 is 23.2 Å². The van der Waals surface area contributed by atoms with Gasteiger partial charge in [0, 0.05) is 17.7 Å². The molecular weight excluding hydrogens is 348 g/mol. The highest BCUT2D eigenvalue weighted by atomic mass is 32.1. The third-order valence-corrected chi connectivity index (χ3v) is 6.59. The zero-order chi connectivity index (χ0) is 18.3. The first kappa shape index (κ1) is 17.6. The quantitative estimate of drug-likeness (QED) is 0.793. The first-order valence-corrected chi connectivity index (χ1v) is 9.81. The molecule has 0 aromatic heterocycles. The molecule has 4 saturated carbocycles. The summed E-state index contributed by atoms with van der Waals surface area (Å²) in [5, 5.41) is 6.71. The van der Waals surface area contributed by atoms with Gasteiger partial charge in [0.05, 0.1) is 14.2 Å². The lowest BCUT2D eigenvalue weighted by Gasteiger charge is -2.54. The zero-order valence-corrected chi connectivity index (χ0v) is 16.1. The third kappa shape index (κ3) is 3.39. The van der Waals surface area contributed by atoms with E-state index in [9.17, 15) is 4.79 Å². The van der Waals surface area contributed by atoms with Crippen molar-refractivity contribution in [1.82, 2.24) is 10.6 Å². The lowest BCUT2D eigenvalue weighted by Crippen LogP contribution is -2.57. The molecule has 0 radical (unpaired) electrons. The molecule has 26 heavy (non-hydrogen) atoms. The number of ether oxygens (including phenoxy) is 2. The molecule has 5 rings (SSSR count). The number of nitrogens with one attached hydrogen (secondary N) is 2. The summed E-state index contributed by atoms with van der Waals surface area (Å²) in [6, 6.07) is 5.52. The van der Waals surface area contributed by atoms with E-state index in [-0.39, 0.29) is 5.91 Å². The number of amides is 1. The van der Waals surface area contributed by atoms with Crippen LogP contribution in [0.1, 0.15) is 42.5 Å². The van der Waals surface area contributed by atoms with E-state index >= 15 is 0 Å². The Morgan fingerprint density at radius 3 is 2.00 bits per heavy atom. The maximum atomic E-state index is 12.6. The van der Waals surface area contributed by atoms with Crippen LogP contribution in [0.5, 0.6) is 11.5 Å². The maximum Gasteiger partial charge on any atom is 0.257 e. The van der Waals surface area contributed by atoms with Crippen LogP contribution in [0.3, 0.4) is 0 Å². The van der Waals surface area contributed by atoms with E-state index in [2.05, 4.69) is 10.6 Å². The van der Waals surface area contributed by atoms with Crippen LogP contribution in [0.4, 0.5) is 0 Å². The Bertz CT molecular complexity index is 671. The molecule has 0 unspecified atom stereocenters. The van der Waals surface area contributed by atoms with Gasteiger partial charge in [-0.2, -0.15) is 0 Å². The van der Waals surface area contributed by atoms with Crippen molar-refractivity contribution in [2.24, 2.45) is 23.7 Å². The fourth-order valence-electron chi connectivity index (χ4n) is 5.46. The monoisotopic (exact) mass is 374 g/mol.